The summed E-state index contributed by atoms with van der Waals surface area (Å²) in [7, 11) is 0. The number of fused-ring (bicyclic) bond motifs is 5. The first-order valence-electron chi connectivity index (χ1n) is 47.0. The molecule has 0 atom stereocenters. The molecule has 0 saturated heterocycles. The van der Waals surface area contributed by atoms with E-state index in [0.717, 1.165) is 48.9 Å². The molecule has 0 spiro atoms. The van der Waals surface area contributed by atoms with Gasteiger partial charge in [-0.3, -0.25) is 0 Å². The second-order valence-electron chi connectivity index (χ2n) is 32.2. The minimum absolute atomic E-state index is 0.160. The Hall–Kier alpha value is -14.1. The van der Waals surface area contributed by atoms with Crippen molar-refractivity contribution < 1.29 is 0 Å². The molecule has 19 aromatic carbocycles. The van der Waals surface area contributed by atoms with Crippen LogP contribution in [0.4, 0.5) is 22.7 Å². The van der Waals surface area contributed by atoms with Crippen LogP contribution in [0.5, 0.6) is 0 Å². The van der Waals surface area contributed by atoms with Crippen LogP contribution >= 0.6 is 0 Å². The first-order chi connectivity index (χ1) is 63.8. The maximum atomic E-state index is 3.36. The molecule has 20 rings (SSSR count). The molecule has 0 saturated carbocycles. The Morgan fingerprint density at radius 2 is 0.492 bits per heavy atom. The Kier molecular flexibility index (Phi) is 42.1. The van der Waals surface area contributed by atoms with Gasteiger partial charge in [-0.15, -0.1) is 0 Å². The highest BCUT2D eigenvalue weighted by atomic mass is 14.9. The minimum Gasteiger partial charge on any atom is -0.381 e. The second kappa shape index (κ2) is 54.8. The highest BCUT2D eigenvalue weighted by Gasteiger charge is 2.34. The van der Waals surface area contributed by atoms with Crippen LogP contribution in [0.3, 0.4) is 0 Å². The summed E-state index contributed by atoms with van der Waals surface area (Å²) in [6.45, 7) is 37.6. The van der Waals surface area contributed by atoms with Crippen molar-refractivity contribution in [2.75, 3.05) is 21.3 Å². The van der Waals surface area contributed by atoms with Crippen LogP contribution in [-0.4, -0.2) is 0 Å². The summed E-state index contributed by atoms with van der Waals surface area (Å²) in [6, 6.07) is 159. The summed E-state index contributed by atoms with van der Waals surface area (Å²) < 4.78 is 0. The van der Waals surface area contributed by atoms with Crippen molar-refractivity contribution in [3.8, 4) is 22.3 Å². The highest BCUT2D eigenvalue weighted by Crippen LogP contribution is 2.48. The van der Waals surface area contributed by atoms with Crippen molar-refractivity contribution in [1.29, 1.82) is 0 Å². The Balaban J connectivity index is 0.000000166. The first kappa shape index (κ1) is 99.7. The van der Waals surface area contributed by atoms with Crippen molar-refractivity contribution in [2.45, 2.75) is 160 Å². The van der Waals surface area contributed by atoms with E-state index < -0.39 is 0 Å². The van der Waals surface area contributed by atoms with Crippen LogP contribution in [0, 0.1) is 0 Å². The van der Waals surface area contributed by atoms with E-state index in [4.69, 9.17) is 0 Å². The Morgan fingerprint density at radius 3 is 0.831 bits per heavy atom. The first-order valence-corrected chi connectivity index (χ1v) is 47.0. The standard InChI is InChI=1S/C19H16.C17H16.C15H14.C15H16.4C13H13N.4C2H6/c1-12(2)16-10-8-15-7-6-13-4-3-5-14-9-11-17(16)19(15)18(13)14;1-12(2)17-15-9-5-3-7-13(15)11-14-8-4-6-10-16(14)17;1-15(2)13-9-5-3-7-11(13)12-8-4-6-10-14(12)15;1-12(2)13-8-10-15(11-9-13)14-6-4-3-5-7-14;4*1-3-7-12(8-4-1)11-14-13-9-5-2-6-10-13;4*1-2/h3-12H,1-2H3;3-12H,1-2H3;3-10H,1-2H3;3-12H,1-2H3;4*1-10,14H,11H2;4*1-2H3. The molecule has 0 unspecified atom stereocenters. The smallest absolute Gasteiger partial charge is 0.0400 e. The molecule has 0 aromatic heterocycles. The van der Waals surface area contributed by atoms with Gasteiger partial charge in [0.05, 0.1) is 0 Å². The summed E-state index contributed by atoms with van der Waals surface area (Å²) in [5, 5.41) is 27.2. The number of benzene rings is 19. The SMILES string of the molecule is CC.CC.CC.CC.CC(C)c1c2ccccc2cc2ccccc12.CC(C)c1ccc(-c2ccccc2)cc1.CC(C)c1ccc2ccc3cccc4ccc1c2c34.CC1(C)c2ccccc2-c2ccccc21.c1ccc(CNc2ccccc2)cc1.c1ccc(CNc2ccccc2)cc1.c1ccc(CNc2ccccc2)cc1.c1ccc(CNc2ccccc2)cc1. The molecule has 4 heteroatoms. The number of nitrogens with one attached hydrogen (secondary N) is 4. The van der Waals surface area contributed by atoms with Gasteiger partial charge in [-0.25, -0.2) is 0 Å². The van der Waals surface area contributed by atoms with Crippen LogP contribution < -0.4 is 21.3 Å². The highest BCUT2D eigenvalue weighted by molar-refractivity contribution is 6.23. The van der Waals surface area contributed by atoms with Crippen molar-refractivity contribution in [1.82, 2.24) is 0 Å². The predicted octanol–water partition coefficient (Wildman–Crippen LogP) is 36.6. The van der Waals surface area contributed by atoms with Gasteiger partial charge >= 0.3 is 0 Å². The lowest BCUT2D eigenvalue weighted by molar-refractivity contribution is 0.660. The molecular formula is C126H138N4. The molecule has 0 aliphatic heterocycles. The summed E-state index contributed by atoms with van der Waals surface area (Å²) in [4.78, 5) is 0. The van der Waals surface area contributed by atoms with Crippen LogP contribution in [0.25, 0.3) is 76.1 Å². The third kappa shape index (κ3) is 29.8. The topological polar surface area (TPSA) is 48.1 Å². The van der Waals surface area contributed by atoms with Gasteiger partial charge in [0.2, 0.25) is 0 Å². The van der Waals surface area contributed by atoms with Crippen LogP contribution in [-0.2, 0) is 31.6 Å². The summed E-state index contributed by atoms with van der Waals surface area (Å²) >= 11 is 0. The second-order valence-corrected chi connectivity index (χ2v) is 32.2. The predicted molar refractivity (Wildman–Crippen MR) is 576 cm³/mol. The number of hydrogen-bond donors (Lipinski definition) is 4. The third-order valence-corrected chi connectivity index (χ3v) is 22.2. The van der Waals surface area contributed by atoms with Gasteiger partial charge in [-0.1, -0.05) is 511 Å². The van der Waals surface area contributed by atoms with Crippen molar-refractivity contribution in [3.05, 3.63) is 505 Å². The Morgan fingerprint density at radius 1 is 0.215 bits per heavy atom. The number of anilines is 4. The Labute approximate surface area is 780 Å². The fourth-order valence-electron chi connectivity index (χ4n) is 15.7. The van der Waals surface area contributed by atoms with E-state index in [0.29, 0.717) is 17.8 Å². The fraction of sp³-hybridized carbons (Fsp3) is 0.190. The summed E-state index contributed by atoms with van der Waals surface area (Å²) in [5.41, 5.74) is 22.6. The zero-order valence-electron chi connectivity index (χ0n) is 79.9. The van der Waals surface area contributed by atoms with Gasteiger partial charge in [0.15, 0.2) is 0 Å². The third-order valence-electron chi connectivity index (χ3n) is 22.2. The minimum atomic E-state index is 0.160. The van der Waals surface area contributed by atoms with Crippen molar-refractivity contribution in [3.63, 3.8) is 0 Å². The van der Waals surface area contributed by atoms with E-state index in [1.807, 2.05) is 159 Å². The van der Waals surface area contributed by atoms with E-state index in [9.17, 15) is 0 Å². The van der Waals surface area contributed by atoms with E-state index in [2.05, 4.69) is 429 Å². The largest absolute Gasteiger partial charge is 0.381 e. The van der Waals surface area contributed by atoms with E-state index in [1.165, 1.54) is 126 Å². The normalized spacial score (nSPS) is 10.7. The molecular weight excluding hydrogens is 1570 g/mol. The zero-order valence-corrected chi connectivity index (χ0v) is 79.9. The molecule has 4 N–H and O–H groups in total. The van der Waals surface area contributed by atoms with Crippen LogP contribution in [0.15, 0.2) is 455 Å². The van der Waals surface area contributed by atoms with Gasteiger partial charge in [0.25, 0.3) is 0 Å². The molecule has 19 aromatic rings. The quantitative estimate of drug-likeness (QED) is 0.0575. The molecule has 1 aliphatic rings. The maximum absolute atomic E-state index is 3.36. The van der Waals surface area contributed by atoms with Crippen molar-refractivity contribution >= 4 is 76.6 Å². The van der Waals surface area contributed by atoms with Crippen LogP contribution in [0.2, 0.25) is 0 Å². The molecule has 130 heavy (non-hydrogen) atoms. The van der Waals surface area contributed by atoms with Gasteiger partial charge in [0.1, 0.15) is 0 Å². The van der Waals surface area contributed by atoms with Gasteiger partial charge in [-0.05, 0) is 199 Å². The molecule has 0 radical (unpaired) electrons. The Bertz CT molecular complexity index is 5670. The molecule has 1 aliphatic carbocycles. The van der Waals surface area contributed by atoms with Crippen LogP contribution in [0.1, 0.15) is 179 Å². The van der Waals surface area contributed by atoms with E-state index in [-0.39, 0.29) is 5.41 Å². The van der Waals surface area contributed by atoms with E-state index in [1.54, 1.807) is 0 Å². The monoisotopic (exact) mass is 1710 g/mol. The zero-order chi connectivity index (χ0) is 92.5. The molecule has 0 fully saturated rings. The molecule has 0 amide bonds. The van der Waals surface area contributed by atoms with Gasteiger partial charge in [-0.2, -0.15) is 0 Å². The summed E-state index contributed by atoms with van der Waals surface area (Å²) in [5.74, 6) is 1.71. The molecule has 4 nitrogen and oxygen atoms in total. The maximum Gasteiger partial charge on any atom is 0.0400 e. The summed E-state index contributed by atoms with van der Waals surface area (Å²) in [6.07, 6.45) is 0. The average Bonchev–Trinajstić information content (AvgIpc) is 1.42. The lowest BCUT2D eigenvalue weighted by atomic mass is 9.82. The lowest BCUT2D eigenvalue weighted by Crippen LogP contribution is -2.14. The van der Waals surface area contributed by atoms with Gasteiger partial charge < -0.3 is 21.3 Å². The molecule has 0 bridgehead atoms. The number of para-hydroxylation sites is 4. The fourth-order valence-corrected chi connectivity index (χ4v) is 15.7. The average molecular weight is 1710 g/mol. The number of rotatable bonds is 16. The lowest BCUT2D eigenvalue weighted by Gasteiger charge is -2.20. The molecule has 662 valence electrons. The van der Waals surface area contributed by atoms with Gasteiger partial charge in [0, 0.05) is 54.3 Å². The number of hydrogen-bond acceptors (Lipinski definition) is 4. The van der Waals surface area contributed by atoms with E-state index >= 15 is 0 Å². The molecule has 0 heterocycles. The van der Waals surface area contributed by atoms with Crippen molar-refractivity contribution in [2.24, 2.45) is 0 Å².